The summed E-state index contributed by atoms with van der Waals surface area (Å²) in [5.74, 6) is -0.315. The molecule has 17 unspecified atom stereocenters. The lowest BCUT2D eigenvalue weighted by Gasteiger charge is -2.48. The van der Waals surface area contributed by atoms with Gasteiger partial charge in [-0.1, -0.05) is 225 Å². The molecule has 0 saturated carbocycles. The summed E-state index contributed by atoms with van der Waals surface area (Å²) in [6.45, 7) is 1.57. The first-order valence-corrected chi connectivity index (χ1v) is 35.3. The van der Waals surface area contributed by atoms with Gasteiger partial charge in [-0.2, -0.15) is 0 Å². The minimum Gasteiger partial charge on any atom is -0.394 e. The van der Waals surface area contributed by atoms with Gasteiger partial charge in [0.2, 0.25) is 5.91 Å². The third-order valence-electron chi connectivity index (χ3n) is 16.7. The molecule has 0 aromatic carbocycles. The van der Waals surface area contributed by atoms with Crippen LogP contribution in [0.25, 0.3) is 0 Å². The van der Waals surface area contributed by atoms with Crippen LogP contribution in [0.15, 0.2) is 122 Å². The van der Waals surface area contributed by atoms with E-state index in [4.69, 9.17) is 28.4 Å². The highest BCUT2D eigenvalue weighted by molar-refractivity contribution is 5.76. The number of hydrogen-bond donors (Lipinski definition) is 12. The Balaban J connectivity index is 1.46. The lowest BCUT2D eigenvalue weighted by Crippen LogP contribution is -2.66. The van der Waals surface area contributed by atoms with E-state index in [0.29, 0.717) is 12.8 Å². The Labute approximate surface area is 557 Å². The quantitative estimate of drug-likeness (QED) is 0.0199. The van der Waals surface area contributed by atoms with Crippen LogP contribution in [0.1, 0.15) is 206 Å². The van der Waals surface area contributed by atoms with E-state index in [0.717, 1.165) is 96.3 Å². The van der Waals surface area contributed by atoms with Crippen LogP contribution in [-0.2, 0) is 33.2 Å². The third-order valence-corrected chi connectivity index (χ3v) is 16.7. The van der Waals surface area contributed by atoms with Crippen molar-refractivity contribution in [2.45, 2.75) is 311 Å². The molecule has 0 spiro atoms. The predicted octanol–water partition coefficient (Wildman–Crippen LogP) is 9.60. The van der Waals surface area contributed by atoms with Crippen molar-refractivity contribution in [1.29, 1.82) is 0 Å². The molecule has 1 amide bonds. The van der Waals surface area contributed by atoms with Gasteiger partial charge in [-0.05, 0) is 96.3 Å². The second-order valence-corrected chi connectivity index (χ2v) is 24.6. The van der Waals surface area contributed by atoms with Crippen molar-refractivity contribution in [3.63, 3.8) is 0 Å². The number of unbranched alkanes of at least 4 members (excludes halogenated alkanes) is 18. The maximum atomic E-state index is 13.4. The lowest BCUT2D eigenvalue weighted by atomic mass is 9.96. The van der Waals surface area contributed by atoms with E-state index in [1.165, 1.54) is 77.0 Å². The van der Waals surface area contributed by atoms with E-state index in [1.807, 2.05) is 6.08 Å². The van der Waals surface area contributed by atoms with Crippen LogP contribution in [0.2, 0.25) is 0 Å². The Kier molecular flexibility index (Phi) is 48.6. The van der Waals surface area contributed by atoms with Crippen molar-refractivity contribution in [2.75, 3.05) is 26.4 Å². The van der Waals surface area contributed by atoms with Gasteiger partial charge in [-0.15, -0.1) is 0 Å². The van der Waals surface area contributed by atoms with Crippen LogP contribution >= 0.6 is 0 Å². The number of amides is 1. The van der Waals surface area contributed by atoms with Crippen molar-refractivity contribution < 1.29 is 89.4 Å². The molecule has 93 heavy (non-hydrogen) atoms. The summed E-state index contributed by atoms with van der Waals surface area (Å²) in [6, 6.07) is -1.01. The molecule has 3 aliphatic heterocycles. The number of allylic oxidation sites excluding steroid dienone is 19. The number of aliphatic hydroxyl groups excluding tert-OH is 11. The van der Waals surface area contributed by atoms with E-state index in [1.54, 1.807) is 6.08 Å². The molecule has 532 valence electrons. The molecule has 3 aliphatic rings. The summed E-state index contributed by atoms with van der Waals surface area (Å²) in [6.07, 6.45) is 47.4. The summed E-state index contributed by atoms with van der Waals surface area (Å²) in [4.78, 5) is 13.4. The zero-order valence-electron chi connectivity index (χ0n) is 56.2. The van der Waals surface area contributed by atoms with Crippen molar-refractivity contribution in [1.82, 2.24) is 5.32 Å². The molecule has 0 aromatic rings. The molecular formula is C74H123NO18. The zero-order valence-corrected chi connectivity index (χ0v) is 56.2. The van der Waals surface area contributed by atoms with Crippen molar-refractivity contribution >= 4 is 5.91 Å². The van der Waals surface area contributed by atoms with Gasteiger partial charge < -0.3 is 89.9 Å². The zero-order chi connectivity index (χ0) is 67.5. The minimum absolute atomic E-state index is 0.197. The number of carbonyl (C=O) groups is 1. The van der Waals surface area contributed by atoms with Crippen LogP contribution in [0, 0.1) is 0 Å². The Morgan fingerprint density at radius 1 is 0.398 bits per heavy atom. The topological polar surface area (TPSA) is 307 Å². The predicted molar refractivity (Wildman–Crippen MR) is 364 cm³/mol. The summed E-state index contributed by atoms with van der Waals surface area (Å²) in [7, 11) is 0. The van der Waals surface area contributed by atoms with Crippen molar-refractivity contribution in [2.24, 2.45) is 0 Å². The van der Waals surface area contributed by atoms with Gasteiger partial charge in [0, 0.05) is 6.42 Å². The molecule has 3 rings (SSSR count). The highest BCUT2D eigenvalue weighted by Gasteiger charge is 2.53. The highest BCUT2D eigenvalue weighted by Crippen LogP contribution is 2.33. The number of ether oxygens (including phenoxy) is 6. The van der Waals surface area contributed by atoms with Crippen LogP contribution in [-0.4, -0.2) is 193 Å². The Hall–Kier alpha value is -3.81. The third kappa shape index (κ3) is 35.8. The average Bonchev–Trinajstić information content (AvgIpc) is 1.00. The SMILES string of the molecule is CC/C=C\C/C=C\C/C=C\C/C=C\C/C=C\C/C=C\C/C=C\C/C=C\CCCCCCC(=O)NC(COC1OC(CO)C(OC2OC(CO)C(OC3OC(CO)C(O)C(O)C3O)C(O)C2O)C(O)C1O)C(O)/C=C/CC/C=C/CCCCCCCCCCCCCCC. The van der Waals surface area contributed by atoms with Gasteiger partial charge in [0.1, 0.15) is 73.2 Å². The summed E-state index contributed by atoms with van der Waals surface area (Å²) in [5, 5.41) is 121. The van der Waals surface area contributed by atoms with Gasteiger partial charge in [0.15, 0.2) is 18.9 Å². The van der Waals surface area contributed by atoms with Crippen molar-refractivity contribution in [3.05, 3.63) is 122 Å². The number of rotatable bonds is 52. The van der Waals surface area contributed by atoms with Gasteiger partial charge >= 0.3 is 0 Å². The first kappa shape index (κ1) is 83.4. The maximum Gasteiger partial charge on any atom is 0.220 e. The van der Waals surface area contributed by atoms with Gasteiger partial charge in [-0.3, -0.25) is 4.79 Å². The Morgan fingerprint density at radius 2 is 0.753 bits per heavy atom. The Bertz CT molecular complexity index is 2160. The Morgan fingerprint density at radius 3 is 1.20 bits per heavy atom. The average molecular weight is 1310 g/mol. The smallest absolute Gasteiger partial charge is 0.220 e. The number of nitrogens with one attached hydrogen (secondary N) is 1. The molecule has 3 saturated heterocycles. The number of aliphatic hydroxyl groups is 11. The number of carbonyl (C=O) groups excluding carboxylic acids is 1. The molecule has 19 heteroatoms. The fourth-order valence-electron chi connectivity index (χ4n) is 11.0. The summed E-state index contributed by atoms with van der Waals surface area (Å²) >= 11 is 0. The molecule has 0 radical (unpaired) electrons. The van der Waals surface area contributed by atoms with Gasteiger partial charge in [-0.25, -0.2) is 0 Å². The molecule has 3 heterocycles. The highest BCUT2D eigenvalue weighted by atomic mass is 16.8. The second kappa shape index (κ2) is 54.2. The molecule has 12 N–H and O–H groups in total. The molecule has 17 atom stereocenters. The molecular weight excluding hydrogens is 1190 g/mol. The number of hydrogen-bond acceptors (Lipinski definition) is 18. The van der Waals surface area contributed by atoms with Crippen LogP contribution in [0.3, 0.4) is 0 Å². The largest absolute Gasteiger partial charge is 0.394 e. The van der Waals surface area contributed by atoms with Crippen LogP contribution in [0.4, 0.5) is 0 Å². The standard InChI is InChI=1S/C74H123NO18/c1-3-5-7-9-11-13-15-17-19-21-23-24-25-26-27-28-29-30-31-32-34-36-38-40-42-44-46-48-50-52-62(80)75-57(58(79)51-49-47-45-43-41-39-37-35-33-22-20-18-16-14-12-10-8-6-4-2)56-88-72-68(86)65(83)70(60(54-77)90-72)93-74-69(87)66(84)71(61(55-78)91-74)92-73-67(85)64(82)63(81)59(53-76)89-73/h5,7,11,13,17,19,23-24,26-27,29-30,32,34,38,40-41,43,49,51,57-61,63-74,76-79,81-87H,3-4,6,8-10,12,14-16,18,20-22,25,28,31,33,35-37,39,42,44-48,50,52-56H2,1-2H3,(H,75,80)/b7-5-,13-11-,19-17-,24-23-,27-26-,30-29-,34-32-,40-38-,43-41+,51-49+. The normalized spacial score (nSPS) is 28.3. The molecule has 0 bridgehead atoms. The van der Waals surface area contributed by atoms with E-state index >= 15 is 0 Å². The summed E-state index contributed by atoms with van der Waals surface area (Å²) < 4.78 is 34.3. The van der Waals surface area contributed by atoms with Gasteiger partial charge in [0.05, 0.1) is 38.6 Å². The van der Waals surface area contributed by atoms with Crippen LogP contribution in [0.5, 0.6) is 0 Å². The molecule has 0 aromatic heterocycles. The first-order valence-electron chi connectivity index (χ1n) is 35.3. The monoisotopic (exact) mass is 1310 g/mol. The van der Waals surface area contributed by atoms with Gasteiger partial charge in [0.25, 0.3) is 0 Å². The van der Waals surface area contributed by atoms with E-state index in [-0.39, 0.29) is 18.9 Å². The van der Waals surface area contributed by atoms with Crippen LogP contribution < -0.4 is 5.32 Å². The lowest BCUT2D eigenvalue weighted by molar-refractivity contribution is -0.379. The fourth-order valence-corrected chi connectivity index (χ4v) is 11.0. The summed E-state index contributed by atoms with van der Waals surface area (Å²) in [5.41, 5.74) is 0. The first-order chi connectivity index (χ1) is 45.3. The molecule has 3 fully saturated rings. The van der Waals surface area contributed by atoms with E-state index in [2.05, 4.69) is 129 Å². The minimum atomic E-state index is -1.99. The molecule has 0 aliphatic carbocycles. The van der Waals surface area contributed by atoms with Crippen molar-refractivity contribution in [3.8, 4) is 0 Å². The van der Waals surface area contributed by atoms with E-state index in [9.17, 15) is 61.0 Å². The second-order valence-electron chi connectivity index (χ2n) is 24.6. The van der Waals surface area contributed by atoms with E-state index < -0.39 is 124 Å². The maximum absolute atomic E-state index is 13.4. The fraction of sp³-hybridized carbons (Fsp3) is 0.716. The molecule has 19 nitrogen and oxygen atoms in total.